The quantitative estimate of drug-likeness (QED) is 0.156. The first kappa shape index (κ1) is 41.9. The second-order valence-corrected chi connectivity index (χ2v) is 20.7. The minimum atomic E-state index is -0.0975. The molecule has 16 rings (SSSR count). The number of nitrogens with zero attached hydrogens (tertiary/aromatic N) is 2. The fourth-order valence-electron chi connectivity index (χ4n) is 12.9. The summed E-state index contributed by atoms with van der Waals surface area (Å²) in [4.78, 5) is 2.47. The number of furan rings is 2. The predicted octanol–water partition coefficient (Wildman–Crippen LogP) is 20.0. The van der Waals surface area contributed by atoms with Gasteiger partial charge in [0.15, 0.2) is 0 Å². The Bertz CT molecular complexity index is 4880. The molecule has 4 heteroatoms. The highest BCUT2D eigenvalue weighted by molar-refractivity contribution is 6.23. The fraction of sp³-hybridized carbons (Fsp3) is 0.0423. The molecular weight excluding hydrogens is 913 g/mol. The van der Waals surface area contributed by atoms with Crippen molar-refractivity contribution in [2.45, 2.75) is 19.3 Å². The van der Waals surface area contributed by atoms with E-state index in [4.69, 9.17) is 8.83 Å². The van der Waals surface area contributed by atoms with Crippen LogP contribution in [0.4, 0.5) is 17.1 Å². The third-order valence-electron chi connectivity index (χ3n) is 16.4. The van der Waals surface area contributed by atoms with E-state index < -0.39 is 0 Å². The number of anilines is 3. The van der Waals surface area contributed by atoms with Gasteiger partial charge in [-0.2, -0.15) is 0 Å². The first-order valence-electron chi connectivity index (χ1n) is 25.9. The highest BCUT2D eigenvalue weighted by Crippen LogP contribution is 2.52. The van der Waals surface area contributed by atoms with Crippen LogP contribution in [0.15, 0.2) is 251 Å². The lowest BCUT2D eigenvalue weighted by molar-refractivity contribution is 0.660. The van der Waals surface area contributed by atoms with Crippen LogP contribution in [0.25, 0.3) is 126 Å². The lowest BCUT2D eigenvalue weighted by atomic mass is 9.81. The maximum atomic E-state index is 6.98. The molecule has 352 valence electrons. The zero-order chi connectivity index (χ0) is 49.5. The predicted molar refractivity (Wildman–Crippen MR) is 313 cm³/mol. The molecule has 0 bridgehead atoms. The Labute approximate surface area is 432 Å². The summed E-state index contributed by atoms with van der Waals surface area (Å²) in [6.07, 6.45) is 0. The number of rotatable bonds is 6. The van der Waals surface area contributed by atoms with Crippen LogP contribution < -0.4 is 4.90 Å². The SMILES string of the molecule is CC1(C)c2ccccc2-c2ccc(-c3ccc4c(c3)oc3cccc(N(c5cc6ccccc6c6ccccc56)c5cccc6oc7ccc(-c8cccc9c8c8ccccc8n9-c8ccccc8)cc7c56)c34)cc21. The Morgan fingerprint density at radius 2 is 0.947 bits per heavy atom. The lowest BCUT2D eigenvalue weighted by Crippen LogP contribution is -2.14. The molecule has 0 saturated carbocycles. The van der Waals surface area contributed by atoms with Gasteiger partial charge in [-0.05, 0) is 146 Å². The van der Waals surface area contributed by atoms with Gasteiger partial charge in [0.1, 0.15) is 22.3 Å². The smallest absolute Gasteiger partial charge is 0.137 e. The van der Waals surface area contributed by atoms with E-state index in [1.165, 1.54) is 71.3 Å². The summed E-state index contributed by atoms with van der Waals surface area (Å²) in [5, 5.41) is 11.4. The van der Waals surface area contributed by atoms with Crippen LogP contribution in [-0.4, -0.2) is 4.57 Å². The standard InChI is InChI=1S/C71H46N2O2/c1-71(2)57-26-12-10-22-51(57)52-36-33-43(40-58(52)71)44-34-37-55-67(42-44)75-65-31-15-29-61(69(55)65)73(63-41-45-17-6-7-20-48(45)50-21-8-9-23-53(50)63)62-30-16-32-66-70(62)56-39-46(35-38-64(56)74-66)49-25-14-28-60-68(49)54-24-11-13-27-59(54)72(60)47-18-4-3-5-19-47/h3-42H,1-2H3. The molecule has 15 aromatic rings. The number of hydrogen-bond donors (Lipinski definition) is 0. The molecule has 1 aliphatic carbocycles. The molecular formula is C71H46N2O2. The average molecular weight is 959 g/mol. The highest BCUT2D eigenvalue weighted by atomic mass is 16.3. The van der Waals surface area contributed by atoms with E-state index in [0.29, 0.717) is 0 Å². The Morgan fingerprint density at radius 3 is 1.79 bits per heavy atom. The van der Waals surface area contributed by atoms with Crippen molar-refractivity contribution in [3.63, 3.8) is 0 Å². The molecule has 3 aromatic heterocycles. The first-order valence-corrected chi connectivity index (χ1v) is 25.9. The Balaban J connectivity index is 0.927. The van der Waals surface area contributed by atoms with Crippen molar-refractivity contribution in [3.8, 4) is 39.1 Å². The average Bonchev–Trinajstić information content (AvgIpc) is 4.22. The van der Waals surface area contributed by atoms with Crippen LogP contribution in [0.2, 0.25) is 0 Å². The van der Waals surface area contributed by atoms with Gasteiger partial charge in [0, 0.05) is 38.0 Å². The molecule has 75 heavy (non-hydrogen) atoms. The van der Waals surface area contributed by atoms with Gasteiger partial charge in [-0.25, -0.2) is 0 Å². The summed E-state index contributed by atoms with van der Waals surface area (Å²) >= 11 is 0. The van der Waals surface area contributed by atoms with Crippen LogP contribution in [0, 0.1) is 0 Å². The third kappa shape index (κ3) is 6.05. The molecule has 0 amide bonds. The zero-order valence-corrected chi connectivity index (χ0v) is 41.3. The molecule has 0 atom stereocenters. The van der Waals surface area contributed by atoms with Gasteiger partial charge in [-0.3, -0.25) is 0 Å². The van der Waals surface area contributed by atoms with Gasteiger partial charge < -0.3 is 18.3 Å². The molecule has 0 aliphatic heterocycles. The molecule has 0 N–H and O–H groups in total. The topological polar surface area (TPSA) is 34.5 Å². The second-order valence-electron chi connectivity index (χ2n) is 20.7. The van der Waals surface area contributed by atoms with Gasteiger partial charge in [0.25, 0.3) is 0 Å². The van der Waals surface area contributed by atoms with Crippen molar-refractivity contribution in [2.24, 2.45) is 0 Å². The number of hydrogen-bond acceptors (Lipinski definition) is 3. The third-order valence-corrected chi connectivity index (χ3v) is 16.4. The lowest BCUT2D eigenvalue weighted by Gasteiger charge is -2.29. The van der Waals surface area contributed by atoms with Gasteiger partial charge in [-0.1, -0.05) is 172 Å². The van der Waals surface area contributed by atoms with E-state index in [0.717, 1.165) is 83.1 Å². The van der Waals surface area contributed by atoms with Crippen LogP contribution in [-0.2, 0) is 5.41 Å². The largest absolute Gasteiger partial charge is 0.456 e. The van der Waals surface area contributed by atoms with Crippen molar-refractivity contribution < 1.29 is 8.83 Å². The molecule has 4 nitrogen and oxygen atoms in total. The molecule has 0 unspecified atom stereocenters. The van der Waals surface area contributed by atoms with Crippen molar-refractivity contribution in [1.29, 1.82) is 0 Å². The fourth-order valence-corrected chi connectivity index (χ4v) is 12.9. The van der Waals surface area contributed by atoms with Crippen LogP contribution in [0.3, 0.4) is 0 Å². The van der Waals surface area contributed by atoms with E-state index in [9.17, 15) is 0 Å². The summed E-state index contributed by atoms with van der Waals surface area (Å²) in [6.45, 7) is 4.68. The van der Waals surface area contributed by atoms with E-state index >= 15 is 0 Å². The summed E-state index contributed by atoms with van der Waals surface area (Å²) in [6, 6.07) is 88.3. The number of fused-ring (bicyclic) bond motifs is 15. The van der Waals surface area contributed by atoms with Crippen molar-refractivity contribution in [1.82, 2.24) is 4.57 Å². The summed E-state index contributed by atoms with van der Waals surface area (Å²) < 4.78 is 16.3. The number of benzene rings is 12. The molecule has 0 spiro atoms. The molecule has 0 saturated heterocycles. The number of aromatic nitrogens is 1. The van der Waals surface area contributed by atoms with E-state index in [-0.39, 0.29) is 5.41 Å². The minimum absolute atomic E-state index is 0.0975. The van der Waals surface area contributed by atoms with Crippen LogP contribution in [0.5, 0.6) is 0 Å². The maximum absolute atomic E-state index is 6.98. The molecule has 1 aliphatic rings. The minimum Gasteiger partial charge on any atom is -0.456 e. The zero-order valence-electron chi connectivity index (χ0n) is 41.3. The summed E-state index contributed by atoms with van der Waals surface area (Å²) in [5.74, 6) is 0. The van der Waals surface area contributed by atoms with Gasteiger partial charge >= 0.3 is 0 Å². The van der Waals surface area contributed by atoms with Gasteiger partial charge in [-0.15, -0.1) is 0 Å². The van der Waals surface area contributed by atoms with Crippen LogP contribution in [0.1, 0.15) is 25.0 Å². The molecule has 3 heterocycles. The maximum Gasteiger partial charge on any atom is 0.137 e. The van der Waals surface area contributed by atoms with Crippen molar-refractivity contribution >= 4 is 104 Å². The first-order chi connectivity index (χ1) is 37.0. The molecule has 0 radical (unpaired) electrons. The second kappa shape index (κ2) is 15.7. The van der Waals surface area contributed by atoms with E-state index in [1.54, 1.807) is 0 Å². The Morgan fingerprint density at radius 1 is 0.333 bits per heavy atom. The van der Waals surface area contributed by atoms with Crippen molar-refractivity contribution in [3.05, 3.63) is 254 Å². The van der Waals surface area contributed by atoms with Crippen molar-refractivity contribution in [2.75, 3.05) is 4.90 Å². The highest BCUT2D eigenvalue weighted by Gasteiger charge is 2.35. The van der Waals surface area contributed by atoms with E-state index in [1.807, 2.05) is 0 Å². The van der Waals surface area contributed by atoms with E-state index in [2.05, 4.69) is 266 Å². The molecule has 0 fully saturated rings. The summed E-state index contributed by atoms with van der Waals surface area (Å²) in [5.41, 5.74) is 19.8. The van der Waals surface area contributed by atoms with Crippen LogP contribution >= 0.6 is 0 Å². The monoisotopic (exact) mass is 958 g/mol. The van der Waals surface area contributed by atoms with Gasteiger partial charge in [0.2, 0.25) is 0 Å². The Kier molecular flexibility index (Phi) is 8.77. The summed E-state index contributed by atoms with van der Waals surface area (Å²) in [7, 11) is 0. The number of para-hydroxylation sites is 2. The van der Waals surface area contributed by atoms with Gasteiger partial charge in [0.05, 0.1) is 38.9 Å². The molecule has 12 aromatic carbocycles. The normalized spacial score (nSPS) is 13.0. The Hall–Kier alpha value is -9.64.